The van der Waals surface area contributed by atoms with Crippen molar-refractivity contribution in [2.45, 2.75) is 26.6 Å². The zero-order valence-corrected chi connectivity index (χ0v) is 18.0. The van der Waals surface area contributed by atoms with Gasteiger partial charge in [-0.05, 0) is 19.4 Å². The lowest BCUT2D eigenvalue weighted by atomic mass is 10.1. The van der Waals surface area contributed by atoms with Gasteiger partial charge in [0.25, 0.3) is 6.29 Å². The predicted octanol–water partition coefficient (Wildman–Crippen LogP) is -0.313. The van der Waals surface area contributed by atoms with E-state index in [2.05, 4.69) is 9.98 Å². The zero-order chi connectivity index (χ0) is 19.9. The van der Waals surface area contributed by atoms with Gasteiger partial charge in [-0.2, -0.15) is 0 Å². The van der Waals surface area contributed by atoms with Crippen molar-refractivity contribution in [2.24, 2.45) is 4.99 Å². The molecule has 0 spiro atoms. The number of hydrogen-bond acceptors (Lipinski definition) is 5. The number of aliphatic imine (C=N–C) groups is 1. The molecule has 2 aromatic rings. The van der Waals surface area contributed by atoms with E-state index in [9.17, 15) is 0 Å². The highest BCUT2D eigenvalue weighted by Gasteiger charge is 2.39. The van der Waals surface area contributed by atoms with Gasteiger partial charge in [0.2, 0.25) is 0 Å². The van der Waals surface area contributed by atoms with E-state index in [1.165, 1.54) is 0 Å². The molecule has 1 saturated heterocycles. The summed E-state index contributed by atoms with van der Waals surface area (Å²) in [5, 5.41) is 8.32. The summed E-state index contributed by atoms with van der Waals surface area (Å²) >= 11 is 6.16. The van der Waals surface area contributed by atoms with Crippen molar-refractivity contribution in [3.05, 3.63) is 71.0 Å². The topological polar surface area (TPSA) is 68.4 Å². The first-order chi connectivity index (χ1) is 13.7. The van der Waals surface area contributed by atoms with Crippen molar-refractivity contribution in [3.63, 3.8) is 0 Å². The van der Waals surface area contributed by atoms with Gasteiger partial charge in [0.05, 0.1) is 0 Å². The first-order valence-electron chi connectivity index (χ1n) is 9.43. The third kappa shape index (κ3) is 5.56. The number of fused-ring (bicyclic) bond motifs is 3. The van der Waals surface area contributed by atoms with Crippen molar-refractivity contribution in [1.82, 2.24) is 4.98 Å². The summed E-state index contributed by atoms with van der Waals surface area (Å²) in [6.45, 7) is 5.49. The predicted molar refractivity (Wildman–Crippen MR) is 109 cm³/mol. The SMILES string of the molecule is CCCO.CCOC1C[NH+]2C(=CN=C(c3ccccc3)c3nc(Cl)ccc32)O1.[Cl-]. The molecule has 1 fully saturated rings. The zero-order valence-electron chi connectivity index (χ0n) is 16.4. The van der Waals surface area contributed by atoms with Gasteiger partial charge in [-0.15, -0.1) is 0 Å². The van der Waals surface area contributed by atoms with E-state index < -0.39 is 0 Å². The molecule has 156 valence electrons. The fourth-order valence-corrected chi connectivity index (χ4v) is 3.15. The number of rotatable bonds is 4. The summed E-state index contributed by atoms with van der Waals surface area (Å²) in [6, 6.07) is 13.7. The minimum Gasteiger partial charge on any atom is -1.00 e. The number of nitrogens with zero attached hydrogens (tertiary/aromatic N) is 2. The summed E-state index contributed by atoms with van der Waals surface area (Å²) in [5.74, 6) is 0.741. The molecule has 0 saturated carbocycles. The standard InChI is InChI=1S/C18H16ClN3O2.C3H8O.ClH/c1-2-23-16-11-22-13-8-9-14(19)21-18(13)17(20-10-15(22)24-16)12-6-4-3-5-7-12;1-2-3-4;/h3-10,16H,2,11H2,1H3;4H,2-3H2,1H3;1H. The normalized spacial score (nSPS) is 19.2. The first-order valence-corrected chi connectivity index (χ1v) is 9.81. The second-order valence-corrected chi connectivity index (χ2v) is 6.66. The van der Waals surface area contributed by atoms with E-state index in [1.807, 2.05) is 50.2 Å². The molecular weight excluding hydrogens is 413 g/mol. The number of hydrogen-bond donors (Lipinski definition) is 2. The molecule has 29 heavy (non-hydrogen) atoms. The van der Waals surface area contributed by atoms with Crippen LogP contribution in [0.5, 0.6) is 0 Å². The van der Waals surface area contributed by atoms with Crippen molar-refractivity contribution < 1.29 is 31.9 Å². The Hall–Kier alpha value is -1.96. The summed E-state index contributed by atoms with van der Waals surface area (Å²) in [5.41, 5.74) is 3.55. The third-order valence-electron chi connectivity index (χ3n) is 4.27. The maximum absolute atomic E-state index is 7.88. The summed E-state index contributed by atoms with van der Waals surface area (Å²) in [4.78, 5) is 10.2. The van der Waals surface area contributed by atoms with Crippen molar-refractivity contribution in [2.75, 3.05) is 19.8 Å². The van der Waals surface area contributed by atoms with Crippen LogP contribution in [-0.4, -0.2) is 41.9 Å². The Kier molecular flexibility index (Phi) is 9.07. The number of nitrogens with one attached hydrogen (secondary N) is 1. The van der Waals surface area contributed by atoms with Crippen LogP contribution < -0.4 is 17.3 Å². The van der Waals surface area contributed by atoms with Crippen LogP contribution in [-0.2, 0) is 9.47 Å². The molecule has 4 rings (SSSR count). The van der Waals surface area contributed by atoms with E-state index in [-0.39, 0.29) is 18.7 Å². The van der Waals surface area contributed by atoms with Crippen LogP contribution in [0.4, 0.5) is 5.69 Å². The Morgan fingerprint density at radius 2 is 1.93 bits per heavy atom. The largest absolute Gasteiger partial charge is 1.00 e. The number of quaternary nitrogens is 1. The van der Waals surface area contributed by atoms with E-state index in [0.29, 0.717) is 24.9 Å². The molecule has 8 heteroatoms. The van der Waals surface area contributed by atoms with E-state index in [1.54, 1.807) is 12.3 Å². The summed E-state index contributed by atoms with van der Waals surface area (Å²) in [6.07, 6.45) is 2.36. The van der Waals surface area contributed by atoms with Crippen LogP contribution in [0, 0.1) is 0 Å². The smallest absolute Gasteiger partial charge is 0.316 e. The van der Waals surface area contributed by atoms with Gasteiger partial charge in [0.1, 0.15) is 17.1 Å². The van der Waals surface area contributed by atoms with Gasteiger partial charge < -0.3 is 27.0 Å². The molecule has 2 unspecified atom stereocenters. The molecule has 6 nitrogen and oxygen atoms in total. The summed E-state index contributed by atoms with van der Waals surface area (Å²) < 4.78 is 11.5. The van der Waals surface area contributed by atoms with Crippen molar-refractivity contribution >= 4 is 23.0 Å². The van der Waals surface area contributed by atoms with Crippen LogP contribution in [0.25, 0.3) is 0 Å². The van der Waals surface area contributed by atoms with Gasteiger partial charge in [0, 0.05) is 24.8 Å². The van der Waals surface area contributed by atoms with Crippen molar-refractivity contribution in [3.8, 4) is 0 Å². The van der Waals surface area contributed by atoms with Crippen LogP contribution in [0.3, 0.4) is 0 Å². The van der Waals surface area contributed by atoms with Gasteiger partial charge in [0.15, 0.2) is 17.9 Å². The van der Waals surface area contributed by atoms with Crippen LogP contribution >= 0.6 is 11.6 Å². The molecule has 0 radical (unpaired) electrons. The highest BCUT2D eigenvalue weighted by molar-refractivity contribution is 6.30. The lowest BCUT2D eigenvalue weighted by Crippen LogP contribution is -3.04. The van der Waals surface area contributed by atoms with E-state index >= 15 is 0 Å². The maximum Gasteiger partial charge on any atom is 0.316 e. The first kappa shape index (κ1) is 23.3. The lowest BCUT2D eigenvalue weighted by Gasteiger charge is -2.13. The van der Waals surface area contributed by atoms with Crippen LogP contribution in [0.1, 0.15) is 31.5 Å². The molecule has 0 aliphatic carbocycles. The lowest BCUT2D eigenvalue weighted by molar-refractivity contribution is -0.787. The maximum atomic E-state index is 7.88. The molecule has 2 atom stereocenters. The molecule has 3 heterocycles. The molecule has 0 bridgehead atoms. The second-order valence-electron chi connectivity index (χ2n) is 6.28. The Bertz CT molecular complexity index is 858. The van der Waals surface area contributed by atoms with Gasteiger partial charge in [-0.1, -0.05) is 48.9 Å². The Balaban J connectivity index is 0.000000552. The molecule has 2 N–H and O–H groups in total. The van der Waals surface area contributed by atoms with E-state index in [4.69, 9.17) is 26.2 Å². The number of aliphatic hydroxyl groups is 1. The van der Waals surface area contributed by atoms with Gasteiger partial charge in [-0.3, -0.25) is 0 Å². The van der Waals surface area contributed by atoms with Crippen LogP contribution in [0.2, 0.25) is 5.15 Å². The molecule has 2 aliphatic heterocycles. The fourth-order valence-electron chi connectivity index (χ4n) is 3.00. The quantitative estimate of drug-likeness (QED) is 0.643. The third-order valence-corrected chi connectivity index (χ3v) is 4.48. The Morgan fingerprint density at radius 1 is 1.21 bits per heavy atom. The molecule has 1 aromatic heterocycles. The number of aromatic nitrogens is 1. The number of aliphatic hydroxyl groups excluding tert-OH is 1. The van der Waals surface area contributed by atoms with Gasteiger partial charge >= 0.3 is 5.88 Å². The fraction of sp³-hybridized carbons (Fsp3) is 0.333. The average molecular weight is 438 g/mol. The highest BCUT2D eigenvalue weighted by Crippen LogP contribution is 2.23. The Morgan fingerprint density at radius 3 is 2.59 bits per heavy atom. The van der Waals surface area contributed by atoms with E-state index in [0.717, 1.165) is 39.9 Å². The number of ether oxygens (including phenoxy) is 2. The Labute approximate surface area is 182 Å². The van der Waals surface area contributed by atoms with Crippen molar-refractivity contribution in [1.29, 1.82) is 0 Å². The molecule has 0 amide bonds. The van der Waals surface area contributed by atoms with Gasteiger partial charge in [-0.25, -0.2) is 14.9 Å². The number of halogens is 2. The minimum absolute atomic E-state index is 0. The molecular formula is C21H25Cl2N3O3. The second kappa shape index (κ2) is 11.3. The monoisotopic (exact) mass is 437 g/mol. The summed E-state index contributed by atoms with van der Waals surface area (Å²) in [7, 11) is 0. The molecule has 1 aromatic carbocycles. The van der Waals surface area contributed by atoms with Crippen LogP contribution in [0.15, 0.2) is 59.5 Å². The number of pyridine rings is 1. The number of benzene rings is 1. The molecule has 2 aliphatic rings. The highest BCUT2D eigenvalue weighted by atomic mass is 35.5. The average Bonchev–Trinajstić information content (AvgIpc) is 3.06. The minimum atomic E-state index is -0.270.